The average Bonchev–Trinajstić information content (AvgIpc) is 3.38. The number of aromatic nitrogens is 3. The highest BCUT2D eigenvalue weighted by Crippen LogP contribution is 2.35. The fourth-order valence-electron chi connectivity index (χ4n) is 4.00. The van der Waals surface area contributed by atoms with Crippen molar-refractivity contribution >= 4 is 29.0 Å². The predicted molar refractivity (Wildman–Crippen MR) is 118 cm³/mol. The molecule has 1 atom stereocenters. The lowest BCUT2D eigenvalue weighted by Gasteiger charge is -2.35. The van der Waals surface area contributed by atoms with E-state index in [1.54, 1.807) is 0 Å². The number of hydrogen-bond acceptors (Lipinski definition) is 5. The third-order valence-electron chi connectivity index (χ3n) is 5.44. The Morgan fingerprint density at radius 1 is 1.21 bits per heavy atom. The third kappa shape index (κ3) is 4.26. The van der Waals surface area contributed by atoms with Crippen LogP contribution in [-0.2, 0) is 24.2 Å². The van der Waals surface area contributed by atoms with Crippen molar-refractivity contribution in [3.63, 3.8) is 0 Å². The Balaban J connectivity index is 1.43. The van der Waals surface area contributed by atoms with Crippen molar-refractivity contribution < 1.29 is 4.79 Å². The zero-order valence-corrected chi connectivity index (χ0v) is 18.5. The van der Waals surface area contributed by atoms with Gasteiger partial charge in [0.1, 0.15) is 5.82 Å². The standard InChI is InChI=1S/C22H26N4OS2/c1-3-18-17-11-13-28-19(17)10-12-26(18)21(27)15-29-22-24-23-20(25(22)4-2)14-16-8-6-5-7-9-16/h5-9,11,13,18H,3-4,10,12,14-15H2,1-2H3. The minimum absolute atomic E-state index is 0.189. The number of benzene rings is 1. The van der Waals surface area contributed by atoms with Crippen LogP contribution in [0.15, 0.2) is 46.9 Å². The molecule has 1 aliphatic heterocycles. The molecule has 0 radical (unpaired) electrons. The summed E-state index contributed by atoms with van der Waals surface area (Å²) in [5.74, 6) is 1.54. The van der Waals surface area contributed by atoms with Crippen LogP contribution < -0.4 is 0 Å². The zero-order chi connectivity index (χ0) is 20.2. The first kappa shape index (κ1) is 20.2. The van der Waals surface area contributed by atoms with Crippen LogP contribution in [0.4, 0.5) is 0 Å². The molecule has 0 spiro atoms. The summed E-state index contributed by atoms with van der Waals surface area (Å²) in [5, 5.41) is 11.7. The molecule has 0 bridgehead atoms. The van der Waals surface area contributed by atoms with Gasteiger partial charge in [0.05, 0.1) is 11.8 Å². The third-order valence-corrected chi connectivity index (χ3v) is 7.39. The topological polar surface area (TPSA) is 51.0 Å². The maximum absolute atomic E-state index is 13.0. The van der Waals surface area contributed by atoms with Gasteiger partial charge >= 0.3 is 0 Å². The van der Waals surface area contributed by atoms with Crippen LogP contribution >= 0.6 is 23.1 Å². The predicted octanol–water partition coefficient (Wildman–Crippen LogP) is 4.58. The molecule has 3 aromatic rings. The Bertz CT molecular complexity index is 966. The Morgan fingerprint density at radius 2 is 2.03 bits per heavy atom. The molecule has 1 aromatic carbocycles. The molecule has 0 N–H and O–H groups in total. The summed E-state index contributed by atoms with van der Waals surface area (Å²) in [5.41, 5.74) is 2.55. The summed E-state index contributed by atoms with van der Waals surface area (Å²) in [6, 6.07) is 12.7. The van der Waals surface area contributed by atoms with E-state index in [2.05, 4.69) is 57.1 Å². The highest BCUT2D eigenvalue weighted by molar-refractivity contribution is 7.99. The molecule has 7 heteroatoms. The Morgan fingerprint density at radius 3 is 2.79 bits per heavy atom. The Labute approximate surface area is 180 Å². The van der Waals surface area contributed by atoms with E-state index in [0.29, 0.717) is 5.75 Å². The first-order valence-electron chi connectivity index (χ1n) is 10.2. The second kappa shape index (κ2) is 9.13. The fraction of sp³-hybridized carbons (Fsp3) is 0.409. The minimum atomic E-state index is 0.189. The van der Waals surface area contributed by atoms with E-state index in [1.165, 1.54) is 27.8 Å². The van der Waals surface area contributed by atoms with E-state index < -0.39 is 0 Å². The van der Waals surface area contributed by atoms with Gasteiger partial charge in [-0.3, -0.25) is 4.79 Å². The van der Waals surface area contributed by atoms with E-state index in [4.69, 9.17) is 0 Å². The van der Waals surface area contributed by atoms with Gasteiger partial charge in [0, 0.05) is 24.4 Å². The van der Waals surface area contributed by atoms with Gasteiger partial charge in [0.25, 0.3) is 0 Å². The molecule has 152 valence electrons. The molecule has 1 aliphatic rings. The quantitative estimate of drug-likeness (QED) is 0.519. The van der Waals surface area contributed by atoms with E-state index in [1.807, 2.05) is 29.5 Å². The van der Waals surface area contributed by atoms with Gasteiger partial charge in [-0.05, 0) is 42.3 Å². The van der Waals surface area contributed by atoms with Gasteiger partial charge in [-0.1, -0.05) is 49.0 Å². The van der Waals surface area contributed by atoms with Crippen molar-refractivity contribution in [2.24, 2.45) is 0 Å². The van der Waals surface area contributed by atoms with Crippen molar-refractivity contribution in [2.75, 3.05) is 12.3 Å². The largest absolute Gasteiger partial charge is 0.335 e. The molecule has 1 amide bonds. The number of hydrogen-bond donors (Lipinski definition) is 0. The summed E-state index contributed by atoms with van der Waals surface area (Å²) < 4.78 is 2.12. The maximum atomic E-state index is 13.0. The summed E-state index contributed by atoms with van der Waals surface area (Å²) in [6.07, 6.45) is 2.67. The molecule has 29 heavy (non-hydrogen) atoms. The number of nitrogens with zero attached hydrogens (tertiary/aromatic N) is 4. The summed E-state index contributed by atoms with van der Waals surface area (Å²) in [7, 11) is 0. The second-order valence-electron chi connectivity index (χ2n) is 7.15. The number of carbonyl (C=O) groups excluding carboxylic acids is 1. The molecule has 0 saturated heterocycles. The number of carbonyl (C=O) groups is 1. The van der Waals surface area contributed by atoms with Gasteiger partial charge in [0.15, 0.2) is 5.16 Å². The van der Waals surface area contributed by atoms with Gasteiger partial charge < -0.3 is 9.47 Å². The molecule has 2 aromatic heterocycles. The minimum Gasteiger partial charge on any atom is -0.335 e. The molecule has 5 nitrogen and oxygen atoms in total. The molecular weight excluding hydrogens is 400 g/mol. The zero-order valence-electron chi connectivity index (χ0n) is 16.9. The van der Waals surface area contributed by atoms with Crippen LogP contribution in [-0.4, -0.2) is 37.9 Å². The van der Waals surface area contributed by atoms with Gasteiger partial charge in [-0.25, -0.2) is 0 Å². The number of thiophene rings is 1. The van der Waals surface area contributed by atoms with Gasteiger partial charge in [0.2, 0.25) is 5.91 Å². The van der Waals surface area contributed by atoms with Crippen molar-refractivity contribution in [3.8, 4) is 0 Å². The molecule has 3 heterocycles. The van der Waals surface area contributed by atoms with Crippen LogP contribution in [0.5, 0.6) is 0 Å². The normalized spacial score (nSPS) is 16.1. The maximum Gasteiger partial charge on any atom is 0.233 e. The molecule has 0 saturated carbocycles. The highest BCUT2D eigenvalue weighted by atomic mass is 32.2. The van der Waals surface area contributed by atoms with E-state index in [0.717, 1.165) is 43.3 Å². The first-order chi connectivity index (χ1) is 14.2. The summed E-state index contributed by atoms with van der Waals surface area (Å²) in [4.78, 5) is 16.5. The summed E-state index contributed by atoms with van der Waals surface area (Å²) in [6.45, 7) is 5.87. The van der Waals surface area contributed by atoms with Crippen molar-refractivity contribution in [1.29, 1.82) is 0 Å². The van der Waals surface area contributed by atoms with Crippen LogP contribution in [0, 0.1) is 0 Å². The fourth-order valence-corrected chi connectivity index (χ4v) is 5.83. The Hall–Kier alpha value is -2.12. The smallest absolute Gasteiger partial charge is 0.233 e. The lowest BCUT2D eigenvalue weighted by molar-refractivity contribution is -0.131. The molecule has 1 unspecified atom stereocenters. The molecular formula is C22H26N4OS2. The molecule has 0 fully saturated rings. The lowest BCUT2D eigenvalue weighted by Crippen LogP contribution is -2.40. The average molecular weight is 427 g/mol. The van der Waals surface area contributed by atoms with Crippen LogP contribution in [0.3, 0.4) is 0 Å². The SMILES string of the molecule is CCC1c2ccsc2CCN1C(=O)CSc1nnc(Cc2ccccc2)n1CC. The van der Waals surface area contributed by atoms with Crippen LogP contribution in [0.2, 0.25) is 0 Å². The van der Waals surface area contributed by atoms with E-state index >= 15 is 0 Å². The van der Waals surface area contributed by atoms with Crippen LogP contribution in [0.25, 0.3) is 0 Å². The van der Waals surface area contributed by atoms with E-state index in [-0.39, 0.29) is 11.9 Å². The number of thioether (sulfide) groups is 1. The number of rotatable bonds is 7. The number of amides is 1. The second-order valence-corrected chi connectivity index (χ2v) is 9.10. The monoisotopic (exact) mass is 426 g/mol. The van der Waals surface area contributed by atoms with Gasteiger partial charge in [-0.15, -0.1) is 21.5 Å². The van der Waals surface area contributed by atoms with E-state index in [9.17, 15) is 4.79 Å². The first-order valence-corrected chi connectivity index (χ1v) is 12.0. The van der Waals surface area contributed by atoms with Gasteiger partial charge in [-0.2, -0.15) is 0 Å². The van der Waals surface area contributed by atoms with Crippen molar-refractivity contribution in [1.82, 2.24) is 19.7 Å². The molecule has 4 rings (SSSR count). The Kier molecular flexibility index (Phi) is 6.35. The lowest BCUT2D eigenvalue weighted by atomic mass is 9.98. The number of fused-ring (bicyclic) bond motifs is 1. The van der Waals surface area contributed by atoms with Crippen molar-refractivity contribution in [3.05, 3.63) is 63.6 Å². The molecule has 0 aliphatic carbocycles. The summed E-state index contributed by atoms with van der Waals surface area (Å²) >= 11 is 3.31. The highest BCUT2D eigenvalue weighted by Gasteiger charge is 2.30. The van der Waals surface area contributed by atoms with Crippen LogP contribution in [0.1, 0.15) is 48.1 Å². The van der Waals surface area contributed by atoms with Crippen molar-refractivity contribution in [2.45, 2.75) is 50.9 Å².